The van der Waals surface area contributed by atoms with Gasteiger partial charge in [0.15, 0.2) is 18.1 Å². The molecule has 0 heterocycles. The smallest absolute Gasteiger partial charge is 0.255 e. The Morgan fingerprint density at radius 2 is 1.83 bits per heavy atom. The Balaban J connectivity index is 0.00000529. The van der Waals surface area contributed by atoms with Crippen LogP contribution in [0.3, 0.4) is 0 Å². The summed E-state index contributed by atoms with van der Waals surface area (Å²) >= 11 is 0. The van der Waals surface area contributed by atoms with Crippen molar-refractivity contribution < 1.29 is 19.1 Å². The first-order valence-electron chi connectivity index (χ1n) is 7.53. The van der Waals surface area contributed by atoms with Gasteiger partial charge >= 0.3 is 0 Å². The van der Waals surface area contributed by atoms with Crippen LogP contribution in [0, 0.1) is 0 Å². The van der Waals surface area contributed by atoms with Crippen molar-refractivity contribution in [3.63, 3.8) is 0 Å². The van der Waals surface area contributed by atoms with Crippen molar-refractivity contribution in [2.45, 2.75) is 32.2 Å². The van der Waals surface area contributed by atoms with Gasteiger partial charge < -0.3 is 26.3 Å². The summed E-state index contributed by atoms with van der Waals surface area (Å²) in [5.74, 6) is -0.129. The Hall–Kier alpha value is -1.99. The minimum absolute atomic E-state index is 0. The molecule has 1 aromatic rings. The molecule has 24 heavy (non-hydrogen) atoms. The normalized spacial score (nSPS) is 10.5. The molecule has 0 fully saturated rings. The number of carbonyl (C=O) groups is 2. The van der Waals surface area contributed by atoms with Gasteiger partial charge in [0, 0.05) is 12.1 Å². The molecular formula is C16H26ClN3O4. The molecule has 8 heteroatoms. The fourth-order valence-corrected chi connectivity index (χ4v) is 2.16. The average Bonchev–Trinajstić information content (AvgIpc) is 2.57. The van der Waals surface area contributed by atoms with Gasteiger partial charge in [-0.2, -0.15) is 0 Å². The third-order valence-electron chi connectivity index (χ3n) is 3.92. The second kappa shape index (κ2) is 10.00. The molecule has 0 aliphatic heterocycles. The maximum absolute atomic E-state index is 12.4. The minimum atomic E-state index is -0.590. The van der Waals surface area contributed by atoms with Crippen molar-refractivity contribution in [2.24, 2.45) is 11.5 Å². The first-order chi connectivity index (χ1) is 10.9. The zero-order chi connectivity index (χ0) is 17.5. The summed E-state index contributed by atoms with van der Waals surface area (Å²) in [5, 5.41) is 2.98. The van der Waals surface area contributed by atoms with Gasteiger partial charge in [-0.05, 0) is 31.0 Å². The van der Waals surface area contributed by atoms with E-state index in [2.05, 4.69) is 5.32 Å². The molecular weight excluding hydrogens is 334 g/mol. The van der Waals surface area contributed by atoms with Gasteiger partial charge in [0.25, 0.3) is 11.8 Å². The van der Waals surface area contributed by atoms with E-state index < -0.39 is 11.4 Å². The van der Waals surface area contributed by atoms with Crippen molar-refractivity contribution in [3.05, 3.63) is 23.8 Å². The summed E-state index contributed by atoms with van der Waals surface area (Å²) in [5.41, 5.74) is 10.8. The average molecular weight is 360 g/mol. The standard InChI is InChI=1S/C16H25N3O4.ClH/c1-4-16(5-2,10-17)19-15(21)11-6-7-12(13(8-11)22-3)23-9-14(18)20;/h6-8H,4-5,9-10,17H2,1-3H3,(H2,18,20)(H,19,21);1H. The zero-order valence-electron chi connectivity index (χ0n) is 14.3. The first kappa shape index (κ1) is 22.0. The molecule has 2 amide bonds. The van der Waals surface area contributed by atoms with Crippen LogP contribution in [0.2, 0.25) is 0 Å². The molecule has 0 atom stereocenters. The number of benzene rings is 1. The summed E-state index contributed by atoms with van der Waals surface area (Å²) in [6, 6.07) is 4.72. The van der Waals surface area contributed by atoms with E-state index in [1.54, 1.807) is 18.2 Å². The maximum Gasteiger partial charge on any atom is 0.255 e. The van der Waals surface area contributed by atoms with Crippen LogP contribution < -0.4 is 26.3 Å². The Bertz CT molecular complexity index is 554. The Kier molecular flexibility index (Phi) is 9.17. The van der Waals surface area contributed by atoms with Crippen molar-refractivity contribution in [3.8, 4) is 11.5 Å². The van der Waals surface area contributed by atoms with Crippen LogP contribution in [0.5, 0.6) is 11.5 Å². The van der Waals surface area contributed by atoms with Crippen LogP contribution in [0.4, 0.5) is 0 Å². The minimum Gasteiger partial charge on any atom is -0.493 e. The zero-order valence-corrected chi connectivity index (χ0v) is 15.1. The predicted octanol–water partition coefficient (Wildman–Crippen LogP) is 1.23. The largest absolute Gasteiger partial charge is 0.493 e. The van der Waals surface area contributed by atoms with E-state index >= 15 is 0 Å². The monoisotopic (exact) mass is 359 g/mol. The lowest BCUT2D eigenvalue weighted by Gasteiger charge is -2.31. The number of hydrogen-bond donors (Lipinski definition) is 3. The van der Waals surface area contributed by atoms with Crippen LogP contribution in [0.25, 0.3) is 0 Å². The molecule has 1 rings (SSSR count). The van der Waals surface area contributed by atoms with Gasteiger partial charge in [0.2, 0.25) is 0 Å². The van der Waals surface area contributed by atoms with Crippen molar-refractivity contribution in [1.82, 2.24) is 5.32 Å². The van der Waals surface area contributed by atoms with Crippen LogP contribution >= 0.6 is 12.4 Å². The number of amides is 2. The van der Waals surface area contributed by atoms with E-state index in [-0.39, 0.29) is 24.9 Å². The highest BCUT2D eigenvalue weighted by Gasteiger charge is 2.27. The van der Waals surface area contributed by atoms with Crippen LogP contribution in [0.1, 0.15) is 37.0 Å². The first-order valence-corrected chi connectivity index (χ1v) is 7.53. The third kappa shape index (κ3) is 5.58. The van der Waals surface area contributed by atoms with Gasteiger partial charge in [-0.3, -0.25) is 9.59 Å². The van der Waals surface area contributed by atoms with E-state index in [0.29, 0.717) is 23.6 Å². The molecule has 0 aliphatic carbocycles. The van der Waals surface area contributed by atoms with Crippen LogP contribution in [0.15, 0.2) is 18.2 Å². The van der Waals surface area contributed by atoms with E-state index in [4.69, 9.17) is 20.9 Å². The highest BCUT2D eigenvalue weighted by atomic mass is 35.5. The van der Waals surface area contributed by atoms with Gasteiger partial charge in [0.1, 0.15) is 0 Å². The molecule has 5 N–H and O–H groups in total. The SMILES string of the molecule is CCC(CC)(CN)NC(=O)c1ccc(OCC(N)=O)c(OC)c1.Cl. The fourth-order valence-electron chi connectivity index (χ4n) is 2.16. The van der Waals surface area contributed by atoms with E-state index in [9.17, 15) is 9.59 Å². The number of hydrogen-bond acceptors (Lipinski definition) is 5. The number of ether oxygens (including phenoxy) is 2. The topological polar surface area (TPSA) is 117 Å². The molecule has 0 aliphatic rings. The molecule has 0 unspecified atom stereocenters. The summed E-state index contributed by atoms with van der Waals surface area (Å²) in [7, 11) is 1.45. The number of rotatable bonds is 9. The number of halogens is 1. The highest BCUT2D eigenvalue weighted by molar-refractivity contribution is 5.95. The molecule has 0 bridgehead atoms. The molecule has 0 saturated heterocycles. The summed E-state index contributed by atoms with van der Waals surface area (Å²) in [6.07, 6.45) is 1.48. The van der Waals surface area contributed by atoms with Gasteiger partial charge in [-0.15, -0.1) is 12.4 Å². The predicted molar refractivity (Wildman–Crippen MR) is 94.8 cm³/mol. The molecule has 0 aromatic heterocycles. The number of nitrogens with one attached hydrogen (secondary N) is 1. The van der Waals surface area contributed by atoms with Gasteiger partial charge in [-0.1, -0.05) is 13.8 Å². The molecule has 0 saturated carbocycles. The lowest BCUT2D eigenvalue weighted by molar-refractivity contribution is -0.119. The summed E-state index contributed by atoms with van der Waals surface area (Å²) < 4.78 is 10.4. The molecule has 136 valence electrons. The fraction of sp³-hybridized carbons (Fsp3) is 0.500. The Morgan fingerprint density at radius 1 is 1.21 bits per heavy atom. The summed E-state index contributed by atoms with van der Waals surface area (Å²) in [6.45, 7) is 4.07. The Labute approximate surface area is 148 Å². The molecule has 7 nitrogen and oxygen atoms in total. The van der Waals surface area contributed by atoms with E-state index in [0.717, 1.165) is 12.8 Å². The van der Waals surface area contributed by atoms with E-state index in [1.807, 2.05) is 13.8 Å². The molecule has 1 aromatic carbocycles. The van der Waals surface area contributed by atoms with Gasteiger partial charge in [0.05, 0.1) is 12.6 Å². The van der Waals surface area contributed by atoms with Gasteiger partial charge in [-0.25, -0.2) is 0 Å². The highest BCUT2D eigenvalue weighted by Crippen LogP contribution is 2.28. The number of carbonyl (C=O) groups excluding carboxylic acids is 2. The quantitative estimate of drug-likeness (QED) is 0.613. The van der Waals surface area contributed by atoms with Crippen molar-refractivity contribution >= 4 is 24.2 Å². The van der Waals surface area contributed by atoms with Crippen LogP contribution in [-0.4, -0.2) is 37.6 Å². The van der Waals surface area contributed by atoms with Crippen molar-refractivity contribution in [2.75, 3.05) is 20.3 Å². The summed E-state index contributed by atoms with van der Waals surface area (Å²) in [4.78, 5) is 23.2. The molecule has 0 spiro atoms. The molecule has 0 radical (unpaired) electrons. The number of methoxy groups -OCH3 is 1. The Morgan fingerprint density at radius 3 is 2.29 bits per heavy atom. The van der Waals surface area contributed by atoms with Crippen molar-refractivity contribution in [1.29, 1.82) is 0 Å². The maximum atomic E-state index is 12.4. The third-order valence-corrected chi connectivity index (χ3v) is 3.92. The number of primary amides is 1. The second-order valence-electron chi connectivity index (χ2n) is 5.27. The second-order valence-corrected chi connectivity index (χ2v) is 5.27. The lowest BCUT2D eigenvalue weighted by Crippen LogP contribution is -2.52. The van der Waals surface area contributed by atoms with Crippen LogP contribution in [-0.2, 0) is 4.79 Å². The van der Waals surface area contributed by atoms with E-state index in [1.165, 1.54) is 7.11 Å². The number of nitrogens with two attached hydrogens (primary N) is 2. The lowest BCUT2D eigenvalue weighted by atomic mass is 9.92.